The zero-order chi connectivity index (χ0) is 21.5. The molecule has 1 amide bonds. The van der Waals surface area contributed by atoms with E-state index in [1.54, 1.807) is 12.1 Å². The fourth-order valence-corrected chi connectivity index (χ4v) is 3.50. The van der Waals surface area contributed by atoms with Gasteiger partial charge in [-0.2, -0.15) is 0 Å². The smallest absolute Gasteiger partial charge is 0.336 e. The van der Waals surface area contributed by atoms with Crippen molar-refractivity contribution < 1.29 is 23.5 Å². The van der Waals surface area contributed by atoms with Crippen molar-refractivity contribution in [3.63, 3.8) is 0 Å². The Bertz CT molecular complexity index is 946. The van der Waals surface area contributed by atoms with Crippen molar-refractivity contribution in [1.29, 1.82) is 0 Å². The van der Waals surface area contributed by atoms with Gasteiger partial charge in [-0.25, -0.2) is 4.79 Å². The molecule has 1 saturated heterocycles. The van der Waals surface area contributed by atoms with Gasteiger partial charge in [-0.3, -0.25) is 14.5 Å². The minimum Gasteiger partial charge on any atom is -0.494 e. The number of benzene rings is 1. The average Bonchev–Trinajstić information content (AvgIpc) is 2.71. The van der Waals surface area contributed by atoms with E-state index in [1.165, 1.54) is 13.0 Å². The first-order valence-corrected chi connectivity index (χ1v) is 10.2. The topological polar surface area (TPSA) is 89.3 Å². The molecule has 1 aliphatic heterocycles. The molecule has 8 heteroatoms. The maximum Gasteiger partial charge on any atom is 0.336 e. The summed E-state index contributed by atoms with van der Waals surface area (Å²) >= 11 is 0. The molecule has 162 valence electrons. The largest absolute Gasteiger partial charge is 0.494 e. The monoisotopic (exact) mass is 416 g/mol. The molecule has 3 rings (SSSR count). The molecule has 0 unspecified atom stereocenters. The average molecular weight is 416 g/mol. The number of amides is 1. The summed E-state index contributed by atoms with van der Waals surface area (Å²) in [4.78, 5) is 38.7. The van der Waals surface area contributed by atoms with E-state index in [0.717, 1.165) is 24.0 Å². The highest BCUT2D eigenvalue weighted by molar-refractivity contribution is 5.81. The molecule has 2 aromatic rings. The fourth-order valence-electron chi connectivity index (χ4n) is 3.50. The zero-order valence-electron chi connectivity index (χ0n) is 17.5. The summed E-state index contributed by atoms with van der Waals surface area (Å²) in [6.45, 7) is 7.74. The standard InChI is InChI=1S/C22H28N2O6/c1-16-14-22(27)30-20-6-5-18(15-19(16)20)29-12-3-4-21(26)24-9-7-23(8-10-24)11-13-28-17(2)25/h5-6,14-15H,3-4,7-13H2,1-2H3. The summed E-state index contributed by atoms with van der Waals surface area (Å²) in [6.07, 6.45) is 1.07. The van der Waals surface area contributed by atoms with E-state index in [-0.39, 0.29) is 17.5 Å². The van der Waals surface area contributed by atoms with Crippen LogP contribution in [0.25, 0.3) is 11.0 Å². The van der Waals surface area contributed by atoms with Gasteiger partial charge in [-0.05, 0) is 37.1 Å². The number of esters is 1. The van der Waals surface area contributed by atoms with E-state index in [0.29, 0.717) is 57.0 Å². The Balaban J connectivity index is 1.38. The Labute approximate surface area is 175 Å². The summed E-state index contributed by atoms with van der Waals surface area (Å²) in [5, 5.41) is 0.842. The van der Waals surface area contributed by atoms with Gasteiger partial charge in [0.1, 0.15) is 17.9 Å². The highest BCUT2D eigenvalue weighted by Gasteiger charge is 2.20. The second-order valence-corrected chi connectivity index (χ2v) is 7.42. The van der Waals surface area contributed by atoms with Crippen LogP contribution >= 0.6 is 0 Å². The molecule has 8 nitrogen and oxygen atoms in total. The molecule has 0 saturated carbocycles. The van der Waals surface area contributed by atoms with Crippen LogP contribution in [0.3, 0.4) is 0 Å². The summed E-state index contributed by atoms with van der Waals surface area (Å²) in [5.74, 6) is 0.555. The van der Waals surface area contributed by atoms with Crippen molar-refractivity contribution >= 4 is 22.8 Å². The van der Waals surface area contributed by atoms with E-state index in [2.05, 4.69) is 4.90 Å². The molecule has 0 aliphatic carbocycles. The SMILES string of the molecule is CC(=O)OCCN1CCN(C(=O)CCCOc2ccc3oc(=O)cc(C)c3c2)CC1. The van der Waals surface area contributed by atoms with Gasteiger partial charge in [-0.15, -0.1) is 0 Å². The first kappa shape index (κ1) is 21.8. The molecule has 1 aromatic carbocycles. The van der Waals surface area contributed by atoms with Crippen LogP contribution in [0, 0.1) is 6.92 Å². The van der Waals surface area contributed by atoms with Gasteiger partial charge in [0.25, 0.3) is 0 Å². The molecule has 1 aromatic heterocycles. The number of nitrogens with zero attached hydrogens (tertiary/aromatic N) is 2. The van der Waals surface area contributed by atoms with Crippen molar-refractivity contribution in [3.8, 4) is 5.75 Å². The molecule has 0 N–H and O–H groups in total. The third-order valence-corrected chi connectivity index (χ3v) is 5.16. The third kappa shape index (κ3) is 6.06. The molecule has 1 aliphatic rings. The van der Waals surface area contributed by atoms with E-state index >= 15 is 0 Å². The lowest BCUT2D eigenvalue weighted by Crippen LogP contribution is -2.49. The van der Waals surface area contributed by atoms with Gasteiger partial charge in [0.05, 0.1) is 6.61 Å². The van der Waals surface area contributed by atoms with Crippen LogP contribution in [-0.4, -0.2) is 67.6 Å². The van der Waals surface area contributed by atoms with Crippen molar-refractivity contribution in [1.82, 2.24) is 9.80 Å². The second-order valence-electron chi connectivity index (χ2n) is 7.42. The molecule has 2 heterocycles. The lowest BCUT2D eigenvalue weighted by molar-refractivity contribution is -0.141. The van der Waals surface area contributed by atoms with Crippen molar-refractivity contribution in [3.05, 3.63) is 40.2 Å². The van der Waals surface area contributed by atoms with E-state index in [9.17, 15) is 14.4 Å². The number of fused-ring (bicyclic) bond motifs is 1. The fraction of sp³-hybridized carbons (Fsp3) is 0.500. The summed E-state index contributed by atoms with van der Waals surface area (Å²) in [5.41, 5.74) is 1.01. The van der Waals surface area contributed by atoms with Gasteiger partial charge in [0.2, 0.25) is 5.91 Å². The van der Waals surface area contributed by atoms with Crippen LogP contribution in [0.4, 0.5) is 0 Å². The number of piperazine rings is 1. The molecule has 0 radical (unpaired) electrons. The van der Waals surface area contributed by atoms with E-state index < -0.39 is 0 Å². The Morgan fingerprint density at radius 1 is 1.10 bits per heavy atom. The Hall–Kier alpha value is -2.87. The van der Waals surface area contributed by atoms with Crippen LogP contribution in [0.15, 0.2) is 33.5 Å². The maximum absolute atomic E-state index is 12.4. The van der Waals surface area contributed by atoms with Crippen LogP contribution < -0.4 is 10.4 Å². The lowest BCUT2D eigenvalue weighted by Gasteiger charge is -2.34. The van der Waals surface area contributed by atoms with Gasteiger partial charge in [0.15, 0.2) is 0 Å². The normalized spacial score (nSPS) is 14.7. The number of hydrogen-bond acceptors (Lipinski definition) is 7. The van der Waals surface area contributed by atoms with Crippen molar-refractivity contribution in [2.24, 2.45) is 0 Å². The molecule has 30 heavy (non-hydrogen) atoms. The van der Waals surface area contributed by atoms with Crippen LogP contribution in [0.2, 0.25) is 0 Å². The van der Waals surface area contributed by atoms with Gasteiger partial charge in [0, 0.05) is 57.5 Å². The van der Waals surface area contributed by atoms with Gasteiger partial charge in [-0.1, -0.05) is 0 Å². The number of carbonyl (C=O) groups excluding carboxylic acids is 2. The molecular formula is C22H28N2O6. The molecule has 0 bridgehead atoms. The maximum atomic E-state index is 12.4. The number of ether oxygens (including phenoxy) is 2. The minimum atomic E-state index is -0.364. The first-order valence-electron chi connectivity index (χ1n) is 10.2. The number of rotatable bonds is 8. The predicted octanol–water partition coefficient (Wildman–Crippen LogP) is 1.97. The predicted molar refractivity (Wildman–Crippen MR) is 112 cm³/mol. The van der Waals surface area contributed by atoms with Gasteiger partial charge < -0.3 is 18.8 Å². The van der Waals surface area contributed by atoms with Crippen LogP contribution in [0.1, 0.15) is 25.3 Å². The Morgan fingerprint density at radius 3 is 2.60 bits per heavy atom. The first-order chi connectivity index (χ1) is 14.4. The molecule has 0 spiro atoms. The lowest BCUT2D eigenvalue weighted by atomic mass is 10.1. The van der Waals surface area contributed by atoms with Crippen molar-refractivity contribution in [2.75, 3.05) is 45.9 Å². The van der Waals surface area contributed by atoms with Crippen LogP contribution in [0.5, 0.6) is 5.75 Å². The van der Waals surface area contributed by atoms with E-state index in [1.807, 2.05) is 17.9 Å². The van der Waals surface area contributed by atoms with Gasteiger partial charge >= 0.3 is 11.6 Å². The molecular weight excluding hydrogens is 388 g/mol. The Morgan fingerprint density at radius 2 is 1.87 bits per heavy atom. The zero-order valence-corrected chi connectivity index (χ0v) is 17.5. The van der Waals surface area contributed by atoms with E-state index in [4.69, 9.17) is 13.9 Å². The highest BCUT2D eigenvalue weighted by Crippen LogP contribution is 2.22. The minimum absolute atomic E-state index is 0.134. The second kappa shape index (κ2) is 10.2. The third-order valence-electron chi connectivity index (χ3n) is 5.16. The number of carbonyl (C=O) groups is 2. The summed E-state index contributed by atoms with van der Waals surface area (Å²) < 4.78 is 15.9. The Kier molecular flexibility index (Phi) is 7.46. The van der Waals surface area contributed by atoms with Crippen molar-refractivity contribution in [2.45, 2.75) is 26.7 Å². The number of hydrogen-bond donors (Lipinski definition) is 0. The summed E-state index contributed by atoms with van der Waals surface area (Å²) in [6, 6.07) is 6.80. The quantitative estimate of drug-likeness (QED) is 0.369. The van der Waals surface area contributed by atoms with Crippen LogP contribution in [-0.2, 0) is 14.3 Å². The highest BCUT2D eigenvalue weighted by atomic mass is 16.5. The molecule has 0 atom stereocenters. The molecule has 1 fully saturated rings. The number of aryl methyl sites for hydroxylation is 1. The summed E-state index contributed by atoms with van der Waals surface area (Å²) in [7, 11) is 0.